The number of aromatic nitrogens is 2. The first-order chi connectivity index (χ1) is 8.28. The molecule has 0 atom stereocenters. The number of hydrogen-bond acceptors (Lipinski definition) is 3. The standard InChI is InChI=1S/C13H14ClN3/c1-10-7-15-13(16-8-10)17-9-12-4-2-11(6-14)3-5-12/h2-5,7-8H,6,9H2,1H3,(H,15,16,17). The van der Waals surface area contributed by atoms with Gasteiger partial charge in [-0.25, -0.2) is 9.97 Å². The number of nitrogens with one attached hydrogen (secondary N) is 1. The third kappa shape index (κ3) is 3.43. The molecule has 0 aliphatic carbocycles. The highest BCUT2D eigenvalue weighted by molar-refractivity contribution is 6.17. The fraction of sp³-hybridized carbons (Fsp3) is 0.231. The number of nitrogens with zero attached hydrogens (tertiary/aromatic N) is 2. The second kappa shape index (κ2) is 5.64. The van der Waals surface area contributed by atoms with Crippen molar-refractivity contribution in [1.82, 2.24) is 9.97 Å². The molecular formula is C13H14ClN3. The van der Waals surface area contributed by atoms with E-state index in [0.717, 1.165) is 11.1 Å². The number of hydrogen-bond donors (Lipinski definition) is 1. The molecule has 2 aromatic rings. The molecule has 17 heavy (non-hydrogen) atoms. The van der Waals surface area contributed by atoms with Crippen LogP contribution < -0.4 is 5.32 Å². The molecule has 0 radical (unpaired) electrons. The third-order valence-corrected chi connectivity index (χ3v) is 2.72. The minimum atomic E-state index is 0.550. The number of halogens is 1. The average Bonchev–Trinajstić information content (AvgIpc) is 2.39. The van der Waals surface area contributed by atoms with Gasteiger partial charge >= 0.3 is 0 Å². The Kier molecular flexibility index (Phi) is 3.94. The van der Waals surface area contributed by atoms with Crippen LogP contribution in [0.3, 0.4) is 0 Å². The average molecular weight is 248 g/mol. The summed E-state index contributed by atoms with van der Waals surface area (Å²) in [7, 11) is 0. The predicted molar refractivity (Wildman–Crippen MR) is 70.1 cm³/mol. The van der Waals surface area contributed by atoms with Crippen LogP contribution in [0.4, 0.5) is 5.95 Å². The van der Waals surface area contributed by atoms with Crippen molar-refractivity contribution in [3.63, 3.8) is 0 Å². The van der Waals surface area contributed by atoms with E-state index in [1.54, 1.807) is 12.4 Å². The molecule has 1 heterocycles. The van der Waals surface area contributed by atoms with E-state index in [1.165, 1.54) is 5.56 Å². The fourth-order valence-electron chi connectivity index (χ4n) is 1.41. The van der Waals surface area contributed by atoms with E-state index >= 15 is 0 Å². The summed E-state index contributed by atoms with van der Waals surface area (Å²) < 4.78 is 0. The molecule has 88 valence electrons. The summed E-state index contributed by atoms with van der Waals surface area (Å²) in [6.07, 6.45) is 3.60. The van der Waals surface area contributed by atoms with Crippen molar-refractivity contribution in [3.8, 4) is 0 Å². The summed E-state index contributed by atoms with van der Waals surface area (Å²) in [5, 5.41) is 3.17. The van der Waals surface area contributed by atoms with Gasteiger partial charge in [-0.05, 0) is 23.6 Å². The van der Waals surface area contributed by atoms with E-state index in [4.69, 9.17) is 11.6 Å². The van der Waals surface area contributed by atoms with Crippen LogP contribution >= 0.6 is 11.6 Å². The molecule has 0 aliphatic rings. The SMILES string of the molecule is Cc1cnc(NCc2ccc(CCl)cc2)nc1. The lowest BCUT2D eigenvalue weighted by molar-refractivity contribution is 1.04. The van der Waals surface area contributed by atoms with Gasteiger partial charge in [0.1, 0.15) is 0 Å². The van der Waals surface area contributed by atoms with Crippen LogP contribution in [0.25, 0.3) is 0 Å². The molecule has 0 fully saturated rings. The van der Waals surface area contributed by atoms with Gasteiger partial charge in [0, 0.05) is 24.8 Å². The largest absolute Gasteiger partial charge is 0.350 e. The molecule has 4 heteroatoms. The van der Waals surface area contributed by atoms with Crippen LogP contribution in [0.2, 0.25) is 0 Å². The summed E-state index contributed by atoms with van der Waals surface area (Å²) in [6.45, 7) is 2.68. The van der Waals surface area contributed by atoms with Crippen LogP contribution in [-0.4, -0.2) is 9.97 Å². The first-order valence-electron chi connectivity index (χ1n) is 5.44. The lowest BCUT2D eigenvalue weighted by Gasteiger charge is -2.05. The van der Waals surface area contributed by atoms with E-state index in [2.05, 4.69) is 27.4 Å². The number of anilines is 1. The molecule has 2 rings (SSSR count). The maximum atomic E-state index is 5.73. The van der Waals surface area contributed by atoms with Crippen LogP contribution in [0.1, 0.15) is 16.7 Å². The Hall–Kier alpha value is -1.61. The quantitative estimate of drug-likeness (QED) is 0.844. The van der Waals surface area contributed by atoms with Crippen molar-refractivity contribution < 1.29 is 0 Å². The summed E-state index contributed by atoms with van der Waals surface area (Å²) in [5.41, 5.74) is 3.37. The van der Waals surface area contributed by atoms with Crippen molar-refractivity contribution in [1.29, 1.82) is 0 Å². The van der Waals surface area contributed by atoms with E-state index < -0.39 is 0 Å². The van der Waals surface area contributed by atoms with Gasteiger partial charge in [0.2, 0.25) is 5.95 Å². The Balaban J connectivity index is 1.95. The minimum absolute atomic E-state index is 0.550. The van der Waals surface area contributed by atoms with Crippen molar-refractivity contribution in [2.24, 2.45) is 0 Å². The molecule has 0 saturated carbocycles. The van der Waals surface area contributed by atoms with Crippen LogP contribution in [-0.2, 0) is 12.4 Å². The Bertz CT molecular complexity index is 465. The molecule has 1 aromatic heterocycles. The Morgan fingerprint density at radius 1 is 1.06 bits per heavy atom. The second-order valence-corrected chi connectivity index (χ2v) is 4.15. The third-order valence-electron chi connectivity index (χ3n) is 2.41. The molecule has 0 unspecified atom stereocenters. The molecule has 0 spiro atoms. The highest BCUT2D eigenvalue weighted by Crippen LogP contribution is 2.08. The molecule has 0 bridgehead atoms. The normalized spacial score (nSPS) is 10.2. The lowest BCUT2D eigenvalue weighted by Crippen LogP contribution is -2.03. The number of benzene rings is 1. The molecular weight excluding hydrogens is 234 g/mol. The van der Waals surface area contributed by atoms with Crippen LogP contribution in [0.15, 0.2) is 36.7 Å². The topological polar surface area (TPSA) is 37.8 Å². The number of aryl methyl sites for hydroxylation is 1. The van der Waals surface area contributed by atoms with E-state index in [1.807, 2.05) is 19.1 Å². The maximum Gasteiger partial charge on any atom is 0.222 e. The molecule has 0 aliphatic heterocycles. The molecule has 0 saturated heterocycles. The van der Waals surface area contributed by atoms with Gasteiger partial charge in [0.15, 0.2) is 0 Å². The summed E-state index contributed by atoms with van der Waals surface area (Å²) >= 11 is 5.73. The lowest BCUT2D eigenvalue weighted by atomic mass is 10.1. The Morgan fingerprint density at radius 2 is 1.65 bits per heavy atom. The first kappa shape index (κ1) is 11.9. The van der Waals surface area contributed by atoms with Gasteiger partial charge in [-0.3, -0.25) is 0 Å². The highest BCUT2D eigenvalue weighted by Gasteiger charge is 1.97. The van der Waals surface area contributed by atoms with Crippen molar-refractivity contribution in [2.45, 2.75) is 19.3 Å². The van der Waals surface area contributed by atoms with E-state index in [9.17, 15) is 0 Å². The van der Waals surface area contributed by atoms with Crippen LogP contribution in [0, 0.1) is 6.92 Å². The predicted octanol–water partition coefficient (Wildman–Crippen LogP) is 3.14. The van der Waals surface area contributed by atoms with Crippen molar-refractivity contribution in [2.75, 3.05) is 5.32 Å². The van der Waals surface area contributed by atoms with Gasteiger partial charge in [-0.1, -0.05) is 24.3 Å². The van der Waals surface area contributed by atoms with Crippen molar-refractivity contribution >= 4 is 17.5 Å². The van der Waals surface area contributed by atoms with Gasteiger partial charge in [0.25, 0.3) is 0 Å². The zero-order valence-electron chi connectivity index (χ0n) is 9.65. The van der Waals surface area contributed by atoms with E-state index in [0.29, 0.717) is 18.4 Å². The van der Waals surface area contributed by atoms with Gasteiger partial charge in [0.05, 0.1) is 0 Å². The molecule has 0 amide bonds. The second-order valence-electron chi connectivity index (χ2n) is 3.89. The Labute approximate surface area is 106 Å². The minimum Gasteiger partial charge on any atom is -0.350 e. The van der Waals surface area contributed by atoms with Crippen molar-refractivity contribution in [3.05, 3.63) is 53.3 Å². The zero-order valence-corrected chi connectivity index (χ0v) is 10.4. The van der Waals surface area contributed by atoms with E-state index in [-0.39, 0.29) is 0 Å². The highest BCUT2D eigenvalue weighted by atomic mass is 35.5. The van der Waals surface area contributed by atoms with Crippen LogP contribution in [0.5, 0.6) is 0 Å². The number of alkyl halides is 1. The Morgan fingerprint density at radius 3 is 2.24 bits per heavy atom. The first-order valence-corrected chi connectivity index (χ1v) is 5.97. The van der Waals surface area contributed by atoms with Gasteiger partial charge in [-0.2, -0.15) is 0 Å². The molecule has 1 N–H and O–H groups in total. The number of rotatable bonds is 4. The maximum absolute atomic E-state index is 5.73. The monoisotopic (exact) mass is 247 g/mol. The van der Waals surface area contributed by atoms with Gasteiger partial charge in [-0.15, -0.1) is 11.6 Å². The van der Waals surface area contributed by atoms with Gasteiger partial charge < -0.3 is 5.32 Å². The fourth-order valence-corrected chi connectivity index (χ4v) is 1.59. The summed E-state index contributed by atoms with van der Waals surface area (Å²) in [5.74, 6) is 1.20. The summed E-state index contributed by atoms with van der Waals surface area (Å²) in [4.78, 5) is 8.37. The summed E-state index contributed by atoms with van der Waals surface area (Å²) in [6, 6.07) is 8.16. The zero-order chi connectivity index (χ0) is 12.1. The molecule has 1 aromatic carbocycles. The molecule has 3 nitrogen and oxygen atoms in total. The smallest absolute Gasteiger partial charge is 0.222 e.